The molecule has 0 spiro atoms. The summed E-state index contributed by atoms with van der Waals surface area (Å²) in [6, 6.07) is 13.7. The van der Waals surface area contributed by atoms with E-state index in [0.717, 1.165) is 27.6 Å². The Bertz CT molecular complexity index is 899. The zero-order valence-corrected chi connectivity index (χ0v) is 15.7. The van der Waals surface area contributed by atoms with Gasteiger partial charge in [0.05, 0.1) is 6.54 Å². The smallest absolute Gasteiger partial charge is 0.248 e. The molecule has 0 aliphatic heterocycles. The summed E-state index contributed by atoms with van der Waals surface area (Å²) >= 11 is 2.85. The molecule has 0 radical (unpaired) electrons. The first kappa shape index (κ1) is 17.3. The minimum atomic E-state index is -3.46. The molecule has 0 amide bonds. The van der Waals surface area contributed by atoms with Gasteiger partial charge in [-0.15, -0.1) is 22.7 Å². The van der Waals surface area contributed by atoms with Crippen LogP contribution in [0.4, 0.5) is 0 Å². The maximum absolute atomic E-state index is 12.3. The van der Waals surface area contributed by atoms with E-state index in [4.69, 9.17) is 0 Å². The molecule has 2 heterocycles. The lowest BCUT2D eigenvalue weighted by Crippen LogP contribution is -2.22. The summed E-state index contributed by atoms with van der Waals surface area (Å²) in [6.07, 6.45) is 3.48. The summed E-state index contributed by atoms with van der Waals surface area (Å²) in [7, 11) is -3.46. The molecule has 3 rings (SSSR count). The van der Waals surface area contributed by atoms with Gasteiger partial charge in [-0.1, -0.05) is 37.3 Å². The van der Waals surface area contributed by atoms with E-state index >= 15 is 0 Å². The monoisotopic (exact) mass is 378 g/mol. The third-order valence-electron chi connectivity index (χ3n) is 3.49. The Hall–Kier alpha value is -1.54. The average Bonchev–Trinajstić information content (AvgIpc) is 3.23. The summed E-state index contributed by atoms with van der Waals surface area (Å²) in [4.78, 5) is 6.51. The molecule has 1 N–H and O–H groups in total. The number of thiophene rings is 1. The van der Waals surface area contributed by atoms with Crippen LogP contribution in [0.2, 0.25) is 0 Å². The van der Waals surface area contributed by atoms with Crippen LogP contribution >= 0.6 is 22.7 Å². The van der Waals surface area contributed by atoms with Crippen LogP contribution < -0.4 is 4.72 Å². The van der Waals surface area contributed by atoms with Gasteiger partial charge in [-0.25, -0.2) is 18.1 Å². The summed E-state index contributed by atoms with van der Waals surface area (Å²) in [5.74, 6) is 0. The van der Waals surface area contributed by atoms with Gasteiger partial charge in [0.15, 0.2) is 0 Å². The maximum atomic E-state index is 12.3. The molecular formula is C17H18N2O2S3. The van der Waals surface area contributed by atoms with Crippen LogP contribution in [0, 0.1) is 0 Å². The highest BCUT2D eigenvalue weighted by Crippen LogP contribution is 2.22. The molecule has 0 atom stereocenters. The number of nitrogens with one attached hydrogen (secondary N) is 1. The molecule has 0 saturated carbocycles. The number of benzene rings is 1. The normalized spacial score (nSPS) is 11.7. The number of aryl methyl sites for hydroxylation is 1. The molecule has 0 bridgehead atoms. The summed E-state index contributed by atoms with van der Waals surface area (Å²) in [5, 5.41) is 0.775. The van der Waals surface area contributed by atoms with E-state index in [1.54, 1.807) is 6.07 Å². The van der Waals surface area contributed by atoms with E-state index in [1.807, 2.05) is 37.4 Å². The highest BCUT2D eigenvalue weighted by molar-refractivity contribution is 7.91. The van der Waals surface area contributed by atoms with Gasteiger partial charge >= 0.3 is 0 Å². The average molecular weight is 379 g/mol. The van der Waals surface area contributed by atoms with Crippen LogP contribution in [0.5, 0.6) is 0 Å². The summed E-state index contributed by atoms with van der Waals surface area (Å²) in [6.45, 7) is 2.24. The van der Waals surface area contributed by atoms with Gasteiger partial charge in [0.25, 0.3) is 0 Å². The number of rotatable bonds is 7. The van der Waals surface area contributed by atoms with Gasteiger partial charge in [-0.3, -0.25) is 0 Å². The number of nitrogens with zero attached hydrogens (tertiary/aromatic N) is 1. The molecule has 0 aliphatic rings. The number of hydrogen-bond acceptors (Lipinski definition) is 5. The van der Waals surface area contributed by atoms with Gasteiger partial charge in [0.1, 0.15) is 9.22 Å². The molecule has 3 aromatic rings. The van der Waals surface area contributed by atoms with Crippen LogP contribution in [-0.4, -0.2) is 13.4 Å². The Labute approximate surface area is 150 Å². The Kier molecular flexibility index (Phi) is 5.45. The van der Waals surface area contributed by atoms with Crippen LogP contribution in [0.15, 0.2) is 52.9 Å². The van der Waals surface area contributed by atoms with Crippen molar-refractivity contribution in [3.63, 3.8) is 0 Å². The molecule has 0 aliphatic carbocycles. The molecule has 126 valence electrons. The highest BCUT2D eigenvalue weighted by atomic mass is 32.2. The van der Waals surface area contributed by atoms with E-state index in [0.29, 0.717) is 4.21 Å². The maximum Gasteiger partial charge on any atom is 0.250 e. The lowest BCUT2D eigenvalue weighted by Gasteiger charge is -2.02. The SMILES string of the molecule is CCc1ccc(S(=O)(=O)NCc2ncc(Cc3ccccc3)s2)s1. The summed E-state index contributed by atoms with van der Waals surface area (Å²) in [5.41, 5.74) is 1.22. The van der Waals surface area contributed by atoms with Crippen LogP contribution in [0.3, 0.4) is 0 Å². The van der Waals surface area contributed by atoms with Crippen molar-refractivity contribution < 1.29 is 8.42 Å². The zero-order valence-electron chi connectivity index (χ0n) is 13.2. The summed E-state index contributed by atoms with van der Waals surface area (Å²) < 4.78 is 27.6. The molecule has 4 nitrogen and oxygen atoms in total. The minimum Gasteiger partial charge on any atom is -0.248 e. The van der Waals surface area contributed by atoms with Crippen LogP contribution in [0.25, 0.3) is 0 Å². The Balaban J connectivity index is 1.62. The Morgan fingerprint density at radius 2 is 1.83 bits per heavy atom. The molecule has 2 aromatic heterocycles. The third-order valence-corrected chi connectivity index (χ3v) is 7.61. The molecule has 0 unspecified atom stereocenters. The van der Waals surface area contributed by atoms with Gasteiger partial charge in [0.2, 0.25) is 10.0 Å². The van der Waals surface area contributed by atoms with Crippen molar-refractivity contribution >= 4 is 32.7 Å². The van der Waals surface area contributed by atoms with E-state index in [9.17, 15) is 8.42 Å². The second-order valence-corrected chi connectivity index (χ2v) is 9.64. The molecule has 24 heavy (non-hydrogen) atoms. The quantitative estimate of drug-likeness (QED) is 0.680. The minimum absolute atomic E-state index is 0.223. The standard InChI is InChI=1S/C17H18N2O2S3/c1-2-14-8-9-17(23-14)24(20,21)19-12-16-18-11-15(22-16)10-13-6-4-3-5-7-13/h3-9,11,19H,2,10,12H2,1H3. The first-order chi connectivity index (χ1) is 11.6. The van der Waals surface area contributed by atoms with Crippen molar-refractivity contribution in [3.05, 3.63) is 69.0 Å². The fourth-order valence-corrected chi connectivity index (χ4v) is 5.54. The predicted octanol–water partition coefficient (Wildman–Crippen LogP) is 3.84. The van der Waals surface area contributed by atoms with Gasteiger partial charge in [-0.2, -0.15) is 0 Å². The molecule has 0 saturated heterocycles. The Morgan fingerprint density at radius 1 is 1.04 bits per heavy atom. The Morgan fingerprint density at radius 3 is 2.54 bits per heavy atom. The van der Waals surface area contributed by atoms with Gasteiger partial charge in [0, 0.05) is 22.4 Å². The topological polar surface area (TPSA) is 59.1 Å². The first-order valence-electron chi connectivity index (χ1n) is 7.62. The van der Waals surface area contributed by atoms with Crippen molar-refractivity contribution in [3.8, 4) is 0 Å². The molecular weight excluding hydrogens is 360 g/mol. The molecule has 0 fully saturated rings. The number of aromatic nitrogens is 1. The second-order valence-electron chi connectivity index (χ2n) is 5.28. The number of hydrogen-bond donors (Lipinski definition) is 1. The molecule has 1 aromatic carbocycles. The largest absolute Gasteiger partial charge is 0.250 e. The van der Waals surface area contributed by atoms with Crippen molar-refractivity contribution in [2.24, 2.45) is 0 Å². The van der Waals surface area contributed by atoms with E-state index in [1.165, 1.54) is 28.2 Å². The number of sulfonamides is 1. The van der Waals surface area contributed by atoms with Crippen LogP contribution in [-0.2, 0) is 29.4 Å². The van der Waals surface area contributed by atoms with Gasteiger partial charge < -0.3 is 0 Å². The van der Waals surface area contributed by atoms with Crippen molar-refractivity contribution in [2.75, 3.05) is 0 Å². The van der Waals surface area contributed by atoms with Crippen molar-refractivity contribution in [1.29, 1.82) is 0 Å². The number of thiazole rings is 1. The van der Waals surface area contributed by atoms with Crippen molar-refractivity contribution in [2.45, 2.75) is 30.5 Å². The van der Waals surface area contributed by atoms with Crippen LogP contribution in [0.1, 0.15) is 27.2 Å². The third kappa shape index (κ3) is 4.30. The van der Waals surface area contributed by atoms with Gasteiger partial charge in [-0.05, 0) is 24.1 Å². The highest BCUT2D eigenvalue weighted by Gasteiger charge is 2.17. The van der Waals surface area contributed by atoms with Crippen molar-refractivity contribution in [1.82, 2.24) is 9.71 Å². The van der Waals surface area contributed by atoms with E-state index < -0.39 is 10.0 Å². The fraction of sp³-hybridized carbons (Fsp3) is 0.235. The lowest BCUT2D eigenvalue weighted by atomic mass is 10.1. The molecule has 7 heteroatoms. The fourth-order valence-electron chi connectivity index (χ4n) is 2.23. The zero-order chi connectivity index (χ0) is 17.0. The lowest BCUT2D eigenvalue weighted by molar-refractivity contribution is 0.583. The van der Waals surface area contributed by atoms with E-state index in [2.05, 4.69) is 21.8 Å². The second kappa shape index (κ2) is 7.57. The van der Waals surface area contributed by atoms with E-state index in [-0.39, 0.29) is 6.54 Å². The first-order valence-corrected chi connectivity index (χ1v) is 10.7. The predicted molar refractivity (Wildman–Crippen MR) is 99.1 cm³/mol.